The summed E-state index contributed by atoms with van der Waals surface area (Å²) in [7, 11) is 0. The van der Waals surface area contributed by atoms with Crippen LogP contribution in [0.25, 0.3) is 17.4 Å². The lowest BCUT2D eigenvalue weighted by atomic mass is 10.1. The van der Waals surface area contributed by atoms with Gasteiger partial charge < -0.3 is 9.52 Å². The molecule has 0 spiro atoms. The van der Waals surface area contributed by atoms with Gasteiger partial charge in [0.15, 0.2) is 5.76 Å². The van der Waals surface area contributed by atoms with Crippen molar-refractivity contribution in [3.05, 3.63) is 48.0 Å². The molecule has 0 unspecified atom stereocenters. The summed E-state index contributed by atoms with van der Waals surface area (Å²) in [6.45, 7) is 1.82. The Bertz CT molecular complexity index is 555. The summed E-state index contributed by atoms with van der Waals surface area (Å²) in [4.78, 5) is 14.5. The van der Waals surface area contributed by atoms with Crippen LogP contribution in [0, 0.1) is 6.92 Å². The number of rotatable bonds is 3. The van der Waals surface area contributed by atoms with Crippen LogP contribution in [0.15, 0.2) is 40.8 Å². The smallest absolute Gasteiger partial charge is 0.328 e. The lowest BCUT2D eigenvalue weighted by molar-refractivity contribution is -0.131. The number of benzene rings is 1. The summed E-state index contributed by atoms with van der Waals surface area (Å²) in [5.41, 5.74) is 1.66. The minimum absolute atomic E-state index is 0.295. The van der Waals surface area contributed by atoms with Crippen molar-refractivity contribution >= 4 is 12.0 Å². The van der Waals surface area contributed by atoms with E-state index in [9.17, 15) is 4.79 Å². The Morgan fingerprint density at radius 2 is 2.06 bits per heavy atom. The number of carboxylic acids is 1. The summed E-state index contributed by atoms with van der Waals surface area (Å²) in [5.74, 6) is -0.0680. The van der Waals surface area contributed by atoms with Gasteiger partial charge in [-0.2, -0.15) is 0 Å². The fraction of sp³-hybridized carbons (Fsp3) is 0.0769. The van der Waals surface area contributed by atoms with Gasteiger partial charge in [0.25, 0.3) is 0 Å². The van der Waals surface area contributed by atoms with Crippen molar-refractivity contribution in [2.24, 2.45) is 0 Å². The topological polar surface area (TPSA) is 63.3 Å². The second-order valence-electron chi connectivity index (χ2n) is 3.50. The van der Waals surface area contributed by atoms with Gasteiger partial charge in [-0.3, -0.25) is 0 Å². The number of nitrogens with zero attached hydrogens (tertiary/aromatic N) is 1. The summed E-state index contributed by atoms with van der Waals surface area (Å²) in [6, 6.07) is 9.56. The first-order valence-electron chi connectivity index (χ1n) is 5.10. The molecule has 0 fully saturated rings. The van der Waals surface area contributed by atoms with E-state index in [0.29, 0.717) is 11.7 Å². The molecule has 4 heteroatoms. The monoisotopic (exact) mass is 229 g/mol. The Hall–Kier alpha value is -2.36. The van der Waals surface area contributed by atoms with Gasteiger partial charge in [0.05, 0.1) is 5.69 Å². The molecule has 4 nitrogen and oxygen atoms in total. The van der Waals surface area contributed by atoms with Crippen molar-refractivity contribution < 1.29 is 14.3 Å². The van der Waals surface area contributed by atoms with Gasteiger partial charge in [-0.05, 0) is 6.92 Å². The number of hydrogen-bond donors (Lipinski definition) is 1. The fourth-order valence-corrected chi connectivity index (χ4v) is 1.49. The summed E-state index contributed by atoms with van der Waals surface area (Å²) in [5, 5.41) is 8.51. The van der Waals surface area contributed by atoms with E-state index in [2.05, 4.69) is 4.98 Å². The van der Waals surface area contributed by atoms with E-state index in [-0.39, 0.29) is 0 Å². The third kappa shape index (κ3) is 2.60. The van der Waals surface area contributed by atoms with E-state index in [1.807, 2.05) is 37.3 Å². The van der Waals surface area contributed by atoms with Crippen LogP contribution in [-0.4, -0.2) is 16.1 Å². The molecule has 0 aliphatic carbocycles. The first-order valence-corrected chi connectivity index (χ1v) is 5.10. The summed E-state index contributed by atoms with van der Waals surface area (Å²) in [6.07, 6.45) is 2.34. The average molecular weight is 229 g/mol. The van der Waals surface area contributed by atoms with Crippen LogP contribution in [0.5, 0.6) is 0 Å². The first kappa shape index (κ1) is 11.1. The van der Waals surface area contributed by atoms with Gasteiger partial charge in [-0.1, -0.05) is 30.3 Å². The zero-order valence-corrected chi connectivity index (χ0v) is 9.25. The molecule has 0 bridgehead atoms. The van der Waals surface area contributed by atoms with Gasteiger partial charge >= 0.3 is 5.97 Å². The summed E-state index contributed by atoms with van der Waals surface area (Å²) < 4.78 is 5.49. The standard InChI is InChI=1S/C13H11NO3/c1-9-13(10-5-3-2-4-6-10)17-11(14-9)7-8-12(15)16/h2-8H,1H3,(H,15,16). The highest BCUT2D eigenvalue weighted by Crippen LogP contribution is 2.24. The summed E-state index contributed by atoms with van der Waals surface area (Å²) >= 11 is 0. The Kier molecular flexibility index (Phi) is 3.05. The van der Waals surface area contributed by atoms with Crippen LogP contribution in [0.3, 0.4) is 0 Å². The zero-order chi connectivity index (χ0) is 12.3. The van der Waals surface area contributed by atoms with Crippen molar-refractivity contribution in [1.29, 1.82) is 0 Å². The second-order valence-corrected chi connectivity index (χ2v) is 3.50. The van der Waals surface area contributed by atoms with E-state index in [1.54, 1.807) is 0 Å². The highest BCUT2D eigenvalue weighted by molar-refractivity contribution is 5.84. The van der Waals surface area contributed by atoms with Crippen molar-refractivity contribution in [3.63, 3.8) is 0 Å². The Labute approximate surface area is 98.2 Å². The SMILES string of the molecule is Cc1nc(C=CC(=O)O)oc1-c1ccccc1. The van der Waals surface area contributed by atoms with Crippen molar-refractivity contribution in [1.82, 2.24) is 4.98 Å². The minimum atomic E-state index is -1.03. The average Bonchev–Trinajstić information content (AvgIpc) is 2.69. The van der Waals surface area contributed by atoms with E-state index in [4.69, 9.17) is 9.52 Å². The lowest BCUT2D eigenvalue weighted by Gasteiger charge is -1.95. The molecule has 0 aliphatic rings. The van der Waals surface area contributed by atoms with Crippen molar-refractivity contribution in [2.75, 3.05) is 0 Å². The maximum atomic E-state index is 10.4. The molecule has 86 valence electrons. The Balaban J connectivity index is 2.35. The van der Waals surface area contributed by atoms with Gasteiger partial charge in [0.1, 0.15) is 0 Å². The van der Waals surface area contributed by atoms with E-state index in [1.165, 1.54) is 6.08 Å². The normalized spacial score (nSPS) is 10.9. The molecule has 1 aromatic carbocycles. The molecule has 1 aromatic heterocycles. The third-order valence-corrected chi connectivity index (χ3v) is 2.22. The van der Waals surface area contributed by atoms with Gasteiger partial charge in [-0.15, -0.1) is 0 Å². The number of carboxylic acid groups (broad SMARTS) is 1. The van der Waals surface area contributed by atoms with E-state index < -0.39 is 5.97 Å². The number of oxazole rings is 1. The maximum Gasteiger partial charge on any atom is 0.328 e. The highest BCUT2D eigenvalue weighted by atomic mass is 16.4. The third-order valence-electron chi connectivity index (χ3n) is 2.22. The van der Waals surface area contributed by atoms with Crippen LogP contribution in [0.1, 0.15) is 11.6 Å². The number of aliphatic carboxylic acids is 1. The fourth-order valence-electron chi connectivity index (χ4n) is 1.49. The molecule has 17 heavy (non-hydrogen) atoms. The maximum absolute atomic E-state index is 10.4. The number of aromatic nitrogens is 1. The molecule has 1 N–H and O–H groups in total. The quantitative estimate of drug-likeness (QED) is 0.822. The van der Waals surface area contributed by atoms with E-state index >= 15 is 0 Å². The van der Waals surface area contributed by atoms with E-state index in [0.717, 1.165) is 17.3 Å². The molecule has 1 heterocycles. The predicted molar refractivity (Wildman–Crippen MR) is 63.3 cm³/mol. The number of carbonyl (C=O) groups is 1. The second kappa shape index (κ2) is 4.65. The molecule has 0 amide bonds. The predicted octanol–water partition coefficient (Wildman–Crippen LogP) is 2.75. The van der Waals surface area contributed by atoms with Crippen LogP contribution < -0.4 is 0 Å². The minimum Gasteiger partial charge on any atom is -0.478 e. The van der Waals surface area contributed by atoms with Crippen LogP contribution in [-0.2, 0) is 4.79 Å². The largest absolute Gasteiger partial charge is 0.478 e. The lowest BCUT2D eigenvalue weighted by Crippen LogP contribution is -1.85. The van der Waals surface area contributed by atoms with Crippen molar-refractivity contribution in [2.45, 2.75) is 6.92 Å². The van der Waals surface area contributed by atoms with Crippen LogP contribution in [0.4, 0.5) is 0 Å². The molecule has 0 aliphatic heterocycles. The number of aryl methyl sites for hydroxylation is 1. The molecule has 2 rings (SSSR count). The molecule has 0 radical (unpaired) electrons. The molecule has 0 atom stereocenters. The molecule has 2 aromatic rings. The zero-order valence-electron chi connectivity index (χ0n) is 9.25. The Morgan fingerprint density at radius 1 is 1.35 bits per heavy atom. The van der Waals surface area contributed by atoms with Crippen molar-refractivity contribution in [3.8, 4) is 11.3 Å². The molecule has 0 saturated carbocycles. The number of hydrogen-bond acceptors (Lipinski definition) is 3. The van der Waals surface area contributed by atoms with Crippen LogP contribution in [0.2, 0.25) is 0 Å². The van der Waals surface area contributed by atoms with Gasteiger partial charge in [0.2, 0.25) is 5.89 Å². The highest BCUT2D eigenvalue weighted by Gasteiger charge is 2.09. The molecular formula is C13H11NO3. The Morgan fingerprint density at radius 3 is 2.71 bits per heavy atom. The van der Waals surface area contributed by atoms with Gasteiger partial charge in [-0.25, -0.2) is 9.78 Å². The van der Waals surface area contributed by atoms with Gasteiger partial charge in [0, 0.05) is 17.7 Å². The molecular weight excluding hydrogens is 218 g/mol. The first-order chi connectivity index (χ1) is 8.16. The molecule has 0 saturated heterocycles. The van der Waals surface area contributed by atoms with Crippen LogP contribution >= 0.6 is 0 Å².